The molecular weight excluding hydrogens is 438 g/mol. The van der Waals surface area contributed by atoms with Crippen LogP contribution in [0.2, 0.25) is 0 Å². The minimum atomic E-state index is -0.644. The van der Waals surface area contributed by atoms with Crippen LogP contribution in [-0.2, 0) is 31.8 Å². The summed E-state index contributed by atoms with van der Waals surface area (Å²) in [5.74, 6) is -0.0271. The number of thiophene rings is 1. The van der Waals surface area contributed by atoms with Crippen molar-refractivity contribution in [2.45, 2.75) is 26.7 Å². The first-order valence-corrected chi connectivity index (χ1v) is 10.9. The Bertz CT molecular complexity index is 912. The van der Waals surface area contributed by atoms with Gasteiger partial charge in [0.05, 0.1) is 18.8 Å². The number of carbonyl (C=O) groups excluding carboxylic acids is 2. The molecule has 1 aromatic heterocycles. The smallest absolute Gasteiger partial charge is 0.342 e. The van der Waals surface area contributed by atoms with Crippen LogP contribution in [0.5, 0.6) is 11.5 Å². The molecule has 0 saturated heterocycles. The average molecular weight is 468 g/mol. The number of aryl methyl sites for hydroxylation is 2. The van der Waals surface area contributed by atoms with E-state index in [0.717, 1.165) is 5.56 Å². The van der Waals surface area contributed by atoms with Gasteiger partial charge in [-0.15, -0.1) is 11.3 Å². The fraction of sp³-hybridized carbons (Fsp3) is 0.455. The Morgan fingerprint density at radius 3 is 2.16 bits per heavy atom. The molecule has 176 valence electrons. The van der Waals surface area contributed by atoms with Gasteiger partial charge in [0.25, 0.3) is 0 Å². The predicted molar refractivity (Wildman–Crippen MR) is 120 cm³/mol. The lowest BCUT2D eigenvalue weighted by atomic mass is 10.0. The molecule has 2 rings (SSSR count). The number of esters is 2. The molecule has 9 nitrogen and oxygen atoms in total. The summed E-state index contributed by atoms with van der Waals surface area (Å²) in [4.78, 5) is 25.7. The molecule has 0 bridgehead atoms. The second kappa shape index (κ2) is 12.9. The minimum Gasteiger partial charge on any atom is -0.468 e. The number of methoxy groups -OCH3 is 2. The highest BCUT2D eigenvalue weighted by Gasteiger charge is 2.29. The number of rotatable bonds is 13. The third-order valence-corrected chi connectivity index (χ3v) is 5.38. The largest absolute Gasteiger partial charge is 0.468 e. The summed E-state index contributed by atoms with van der Waals surface area (Å²) in [7, 11) is 3.07. The Balaban J connectivity index is 2.36. The van der Waals surface area contributed by atoms with E-state index in [4.69, 9.17) is 34.2 Å². The molecule has 32 heavy (non-hydrogen) atoms. The van der Waals surface area contributed by atoms with E-state index in [2.05, 4.69) is 0 Å². The van der Waals surface area contributed by atoms with Gasteiger partial charge >= 0.3 is 11.9 Å². The number of anilines is 1. The van der Waals surface area contributed by atoms with Gasteiger partial charge in [0.15, 0.2) is 13.6 Å². The summed E-state index contributed by atoms with van der Waals surface area (Å²) >= 11 is 1.17. The Morgan fingerprint density at radius 2 is 1.53 bits per heavy atom. The molecule has 2 N–H and O–H groups in total. The average Bonchev–Trinajstić information content (AvgIpc) is 3.11. The number of hydrogen-bond acceptors (Lipinski definition) is 10. The highest BCUT2D eigenvalue weighted by Crippen LogP contribution is 2.34. The zero-order chi connectivity index (χ0) is 23.5. The lowest BCUT2D eigenvalue weighted by Crippen LogP contribution is -2.15. The SMILES string of the molecule is CCOC(=O)c1c(N)sc(CCc2cc(OCOC)ccc2OCOC)c1C(=O)OCC. The standard InChI is InChI=1S/C22H29NO8S/c1-5-28-21(24)18-17(32-20(23)19(18)22(25)29-6-2)10-7-14-11-15(30-12-26-3)8-9-16(14)31-13-27-4/h8-9,11H,5-7,10,12-13,23H2,1-4H3. The Morgan fingerprint density at radius 1 is 0.906 bits per heavy atom. The normalized spacial score (nSPS) is 10.6. The quantitative estimate of drug-likeness (QED) is 0.349. The van der Waals surface area contributed by atoms with Crippen molar-refractivity contribution in [2.75, 3.05) is 46.8 Å². The first kappa shape index (κ1) is 25.4. The molecule has 0 aliphatic rings. The summed E-state index contributed by atoms with van der Waals surface area (Å²) < 4.78 is 31.4. The van der Waals surface area contributed by atoms with Crippen molar-refractivity contribution in [3.8, 4) is 11.5 Å². The highest BCUT2D eigenvalue weighted by atomic mass is 32.1. The van der Waals surface area contributed by atoms with Crippen LogP contribution in [0.1, 0.15) is 45.0 Å². The van der Waals surface area contributed by atoms with Crippen LogP contribution >= 0.6 is 11.3 Å². The van der Waals surface area contributed by atoms with Crippen molar-refractivity contribution in [3.05, 3.63) is 39.8 Å². The molecule has 0 aliphatic carbocycles. The third kappa shape index (κ3) is 6.59. The molecule has 0 fully saturated rings. The van der Waals surface area contributed by atoms with Crippen molar-refractivity contribution >= 4 is 28.3 Å². The molecule has 0 atom stereocenters. The van der Waals surface area contributed by atoms with Crippen molar-refractivity contribution in [3.63, 3.8) is 0 Å². The molecule has 2 aromatic rings. The molecule has 1 heterocycles. The van der Waals surface area contributed by atoms with E-state index in [1.54, 1.807) is 26.0 Å². The van der Waals surface area contributed by atoms with Gasteiger partial charge < -0.3 is 34.2 Å². The van der Waals surface area contributed by atoms with Crippen LogP contribution in [0.3, 0.4) is 0 Å². The summed E-state index contributed by atoms with van der Waals surface area (Å²) in [6, 6.07) is 5.37. The number of carbonyl (C=O) groups is 2. The Labute approximate surface area is 191 Å². The Hall–Kier alpha value is -2.82. The molecule has 0 spiro atoms. The highest BCUT2D eigenvalue weighted by molar-refractivity contribution is 7.16. The van der Waals surface area contributed by atoms with Crippen LogP contribution in [0, 0.1) is 0 Å². The maximum Gasteiger partial charge on any atom is 0.342 e. The van der Waals surface area contributed by atoms with Crippen LogP contribution in [0.4, 0.5) is 5.00 Å². The Kier molecular flexibility index (Phi) is 10.3. The summed E-state index contributed by atoms with van der Waals surface area (Å²) in [5, 5.41) is 0.217. The van der Waals surface area contributed by atoms with Gasteiger partial charge in [-0.1, -0.05) is 0 Å². The summed E-state index contributed by atoms with van der Waals surface area (Å²) in [6.45, 7) is 3.91. The van der Waals surface area contributed by atoms with E-state index >= 15 is 0 Å². The van der Waals surface area contributed by atoms with E-state index in [0.29, 0.717) is 29.2 Å². The molecule has 0 aliphatic heterocycles. The van der Waals surface area contributed by atoms with Gasteiger partial charge in [0, 0.05) is 19.1 Å². The second-order valence-electron chi connectivity index (χ2n) is 6.45. The van der Waals surface area contributed by atoms with E-state index in [-0.39, 0.29) is 42.9 Å². The molecule has 0 radical (unpaired) electrons. The first-order valence-electron chi connectivity index (χ1n) is 10.1. The zero-order valence-electron chi connectivity index (χ0n) is 18.7. The van der Waals surface area contributed by atoms with Crippen LogP contribution in [-0.4, -0.2) is 53.0 Å². The number of nitrogen functional groups attached to an aromatic ring is 1. The third-order valence-electron chi connectivity index (χ3n) is 4.30. The molecule has 0 unspecified atom stereocenters. The van der Waals surface area contributed by atoms with Crippen molar-refractivity contribution < 1.29 is 38.0 Å². The second-order valence-corrected chi connectivity index (χ2v) is 7.59. The summed E-state index contributed by atoms with van der Waals surface area (Å²) in [5.41, 5.74) is 7.12. The number of benzene rings is 1. The van der Waals surface area contributed by atoms with Crippen LogP contribution in [0.15, 0.2) is 18.2 Å². The lowest BCUT2D eigenvalue weighted by Gasteiger charge is -2.13. The van der Waals surface area contributed by atoms with E-state index < -0.39 is 11.9 Å². The molecule has 1 aromatic carbocycles. The monoisotopic (exact) mass is 467 g/mol. The van der Waals surface area contributed by atoms with Crippen molar-refractivity contribution in [2.24, 2.45) is 0 Å². The van der Waals surface area contributed by atoms with E-state index in [1.165, 1.54) is 25.6 Å². The van der Waals surface area contributed by atoms with Gasteiger partial charge in [0.2, 0.25) is 0 Å². The number of hydrogen-bond donors (Lipinski definition) is 1. The predicted octanol–water partition coefficient (Wildman–Crippen LogP) is 3.43. The molecule has 10 heteroatoms. The van der Waals surface area contributed by atoms with Crippen molar-refractivity contribution in [1.29, 1.82) is 0 Å². The maximum atomic E-state index is 12.6. The van der Waals surface area contributed by atoms with Gasteiger partial charge in [-0.2, -0.15) is 0 Å². The molecular formula is C22H29NO8S. The van der Waals surface area contributed by atoms with Gasteiger partial charge in [0.1, 0.15) is 22.1 Å². The van der Waals surface area contributed by atoms with Gasteiger partial charge in [-0.3, -0.25) is 0 Å². The maximum absolute atomic E-state index is 12.6. The van der Waals surface area contributed by atoms with Gasteiger partial charge in [-0.05, 0) is 50.5 Å². The van der Waals surface area contributed by atoms with Crippen LogP contribution < -0.4 is 15.2 Å². The zero-order valence-corrected chi connectivity index (χ0v) is 19.5. The van der Waals surface area contributed by atoms with E-state index in [1.807, 2.05) is 6.07 Å². The van der Waals surface area contributed by atoms with E-state index in [9.17, 15) is 9.59 Å². The summed E-state index contributed by atoms with van der Waals surface area (Å²) in [6.07, 6.45) is 0.900. The van der Waals surface area contributed by atoms with Crippen molar-refractivity contribution in [1.82, 2.24) is 0 Å². The number of nitrogens with two attached hydrogens (primary N) is 1. The molecule has 0 amide bonds. The minimum absolute atomic E-state index is 0.0540. The first-order chi connectivity index (χ1) is 15.5. The lowest BCUT2D eigenvalue weighted by molar-refractivity contribution is 0.0477. The fourth-order valence-corrected chi connectivity index (χ4v) is 4.02. The molecule has 0 saturated carbocycles. The topological polar surface area (TPSA) is 116 Å². The fourth-order valence-electron chi connectivity index (χ4n) is 2.98. The van der Waals surface area contributed by atoms with Gasteiger partial charge in [-0.25, -0.2) is 9.59 Å². The number of ether oxygens (including phenoxy) is 6. The van der Waals surface area contributed by atoms with Crippen LogP contribution in [0.25, 0.3) is 0 Å².